The molecule has 0 aromatic carbocycles. The minimum atomic E-state index is 0.376. The summed E-state index contributed by atoms with van der Waals surface area (Å²) in [4.78, 5) is 4.17. The van der Waals surface area contributed by atoms with Crippen molar-refractivity contribution in [3.05, 3.63) is 17.8 Å². The molecule has 0 bridgehead atoms. The maximum atomic E-state index is 5.85. The van der Waals surface area contributed by atoms with Crippen LogP contribution in [-0.4, -0.2) is 18.2 Å². The minimum absolute atomic E-state index is 0.376. The van der Waals surface area contributed by atoms with Gasteiger partial charge in [-0.2, -0.15) is 0 Å². The third-order valence-electron chi connectivity index (χ3n) is 2.53. The largest absolute Gasteiger partial charge is 0.484 e. The van der Waals surface area contributed by atoms with Gasteiger partial charge in [0.1, 0.15) is 0 Å². The van der Waals surface area contributed by atoms with Gasteiger partial charge in [-0.25, -0.2) is 4.98 Å². The van der Waals surface area contributed by atoms with Crippen LogP contribution in [0.5, 0.6) is 11.6 Å². The minimum Gasteiger partial charge on any atom is -0.484 e. The molecule has 0 spiro atoms. The summed E-state index contributed by atoms with van der Waals surface area (Å²) < 4.78 is 11.1. The van der Waals surface area contributed by atoms with Crippen LogP contribution in [0.4, 0.5) is 0 Å². The van der Waals surface area contributed by atoms with Crippen LogP contribution in [0.3, 0.4) is 0 Å². The van der Waals surface area contributed by atoms with Crippen molar-refractivity contribution in [3.8, 4) is 11.6 Å². The summed E-state index contributed by atoms with van der Waals surface area (Å²) >= 11 is 0. The molecular weight excluding hydrogens is 190 g/mol. The van der Waals surface area contributed by atoms with Crippen molar-refractivity contribution < 1.29 is 9.47 Å². The summed E-state index contributed by atoms with van der Waals surface area (Å²) in [5.74, 6) is 1.86. The molecule has 3 heteroatoms. The number of hydrogen-bond donors (Lipinski definition) is 0. The molecule has 1 aliphatic rings. The van der Waals surface area contributed by atoms with Gasteiger partial charge in [0, 0.05) is 11.8 Å². The van der Waals surface area contributed by atoms with Crippen LogP contribution in [0, 0.1) is 0 Å². The number of rotatable bonds is 4. The van der Waals surface area contributed by atoms with Gasteiger partial charge < -0.3 is 9.47 Å². The third kappa shape index (κ3) is 2.22. The van der Waals surface area contributed by atoms with Crippen molar-refractivity contribution in [2.24, 2.45) is 0 Å². The number of aromatic nitrogens is 1. The molecule has 0 unspecified atom stereocenters. The fourth-order valence-corrected chi connectivity index (χ4v) is 1.51. The van der Waals surface area contributed by atoms with Crippen LogP contribution in [0.15, 0.2) is 12.3 Å². The summed E-state index contributed by atoms with van der Waals surface area (Å²) in [6.45, 7) is 4.29. The predicted molar refractivity (Wildman–Crippen MR) is 58.5 cm³/mol. The van der Waals surface area contributed by atoms with Crippen molar-refractivity contribution in [2.45, 2.75) is 38.7 Å². The highest BCUT2D eigenvalue weighted by Crippen LogP contribution is 2.37. The maximum absolute atomic E-state index is 5.85. The van der Waals surface area contributed by atoms with Gasteiger partial charge in [-0.3, -0.25) is 0 Å². The van der Waals surface area contributed by atoms with Crippen molar-refractivity contribution in [3.63, 3.8) is 0 Å². The fourth-order valence-electron chi connectivity index (χ4n) is 1.51. The van der Waals surface area contributed by atoms with Gasteiger partial charge in [-0.15, -0.1) is 0 Å². The zero-order valence-corrected chi connectivity index (χ0v) is 9.49. The van der Waals surface area contributed by atoms with Crippen molar-refractivity contribution in [1.82, 2.24) is 4.98 Å². The van der Waals surface area contributed by atoms with E-state index in [2.05, 4.69) is 18.8 Å². The van der Waals surface area contributed by atoms with Crippen LogP contribution >= 0.6 is 0 Å². The molecule has 0 N–H and O–H groups in total. The number of pyridine rings is 1. The standard InChI is InChI=1S/C12H17NO2/c1-8(2)10-6-7-13-12(14-3)11(10)15-9-4-5-9/h6-9H,4-5H2,1-3H3. The molecule has 1 heterocycles. The fraction of sp³-hybridized carbons (Fsp3) is 0.583. The van der Waals surface area contributed by atoms with Crippen molar-refractivity contribution >= 4 is 0 Å². The van der Waals surface area contributed by atoms with E-state index in [-0.39, 0.29) is 0 Å². The Labute approximate surface area is 90.4 Å². The normalized spacial score (nSPS) is 15.5. The quantitative estimate of drug-likeness (QED) is 0.760. The van der Waals surface area contributed by atoms with E-state index in [0.29, 0.717) is 17.9 Å². The summed E-state index contributed by atoms with van der Waals surface area (Å²) in [6.07, 6.45) is 4.44. The van der Waals surface area contributed by atoms with Gasteiger partial charge >= 0.3 is 0 Å². The highest BCUT2D eigenvalue weighted by atomic mass is 16.5. The van der Waals surface area contributed by atoms with Gasteiger partial charge in [-0.05, 0) is 24.8 Å². The summed E-state index contributed by atoms with van der Waals surface area (Å²) in [5, 5.41) is 0. The summed E-state index contributed by atoms with van der Waals surface area (Å²) in [7, 11) is 1.63. The highest BCUT2D eigenvalue weighted by Gasteiger charge is 2.27. The van der Waals surface area contributed by atoms with Crippen LogP contribution in [-0.2, 0) is 0 Å². The summed E-state index contributed by atoms with van der Waals surface area (Å²) in [5.41, 5.74) is 1.17. The van der Waals surface area contributed by atoms with Crippen LogP contribution in [0.25, 0.3) is 0 Å². The average molecular weight is 207 g/mol. The van der Waals surface area contributed by atoms with Crippen LogP contribution < -0.4 is 9.47 Å². The molecule has 0 aliphatic heterocycles. The maximum Gasteiger partial charge on any atom is 0.257 e. The lowest BCUT2D eigenvalue weighted by Crippen LogP contribution is -2.04. The smallest absolute Gasteiger partial charge is 0.257 e. The molecule has 0 amide bonds. The second kappa shape index (κ2) is 4.09. The first kappa shape index (κ1) is 10.3. The van der Waals surface area contributed by atoms with Gasteiger partial charge in [0.05, 0.1) is 13.2 Å². The van der Waals surface area contributed by atoms with E-state index in [1.54, 1.807) is 13.3 Å². The molecule has 2 rings (SSSR count). The first-order valence-electron chi connectivity index (χ1n) is 5.42. The molecule has 0 radical (unpaired) electrons. The van der Waals surface area contributed by atoms with Gasteiger partial charge in [-0.1, -0.05) is 13.8 Å². The Hall–Kier alpha value is -1.25. The van der Waals surface area contributed by atoms with Crippen LogP contribution in [0.1, 0.15) is 38.2 Å². The second-order valence-corrected chi connectivity index (χ2v) is 4.21. The van der Waals surface area contributed by atoms with E-state index in [1.807, 2.05) is 6.07 Å². The number of hydrogen-bond acceptors (Lipinski definition) is 3. The highest BCUT2D eigenvalue weighted by molar-refractivity contribution is 5.43. The number of methoxy groups -OCH3 is 1. The Bertz CT molecular complexity index is 345. The van der Waals surface area contributed by atoms with Gasteiger partial charge in [0.15, 0.2) is 5.75 Å². The third-order valence-corrected chi connectivity index (χ3v) is 2.53. The van der Waals surface area contributed by atoms with Crippen molar-refractivity contribution in [2.75, 3.05) is 7.11 Å². The Kier molecular flexibility index (Phi) is 2.80. The molecule has 0 saturated heterocycles. The summed E-state index contributed by atoms with van der Waals surface area (Å²) in [6, 6.07) is 2.00. The lowest BCUT2D eigenvalue weighted by atomic mass is 10.0. The zero-order valence-electron chi connectivity index (χ0n) is 9.49. The lowest BCUT2D eigenvalue weighted by molar-refractivity contribution is 0.273. The molecule has 15 heavy (non-hydrogen) atoms. The molecular formula is C12H17NO2. The SMILES string of the molecule is COc1nccc(C(C)C)c1OC1CC1. The second-order valence-electron chi connectivity index (χ2n) is 4.21. The first-order chi connectivity index (χ1) is 7.22. The lowest BCUT2D eigenvalue weighted by Gasteiger charge is -2.15. The van der Waals surface area contributed by atoms with Crippen molar-refractivity contribution in [1.29, 1.82) is 0 Å². The molecule has 0 atom stereocenters. The molecule has 1 aromatic rings. The van der Waals surface area contributed by atoms with E-state index in [4.69, 9.17) is 9.47 Å². The van der Waals surface area contributed by atoms with Gasteiger partial charge in [0.25, 0.3) is 5.88 Å². The number of ether oxygens (including phenoxy) is 2. The Morgan fingerprint density at radius 2 is 2.13 bits per heavy atom. The first-order valence-corrected chi connectivity index (χ1v) is 5.42. The van der Waals surface area contributed by atoms with E-state index < -0.39 is 0 Å². The van der Waals surface area contributed by atoms with E-state index in [1.165, 1.54) is 5.56 Å². The molecule has 1 aliphatic carbocycles. The van der Waals surface area contributed by atoms with Gasteiger partial charge in [0.2, 0.25) is 0 Å². The molecule has 1 aromatic heterocycles. The average Bonchev–Trinajstić information content (AvgIpc) is 3.01. The molecule has 82 valence electrons. The predicted octanol–water partition coefficient (Wildman–Crippen LogP) is 2.75. The van der Waals surface area contributed by atoms with E-state index >= 15 is 0 Å². The van der Waals surface area contributed by atoms with Crippen LogP contribution in [0.2, 0.25) is 0 Å². The zero-order chi connectivity index (χ0) is 10.8. The van der Waals surface area contributed by atoms with E-state index in [9.17, 15) is 0 Å². The Morgan fingerprint density at radius 3 is 2.67 bits per heavy atom. The van der Waals surface area contributed by atoms with E-state index in [0.717, 1.165) is 18.6 Å². The molecule has 1 saturated carbocycles. The molecule has 1 fully saturated rings. The Balaban J connectivity index is 2.34. The number of nitrogens with zero attached hydrogens (tertiary/aromatic N) is 1. The topological polar surface area (TPSA) is 31.4 Å². The monoisotopic (exact) mass is 207 g/mol. The molecule has 3 nitrogen and oxygen atoms in total. The Morgan fingerprint density at radius 1 is 1.40 bits per heavy atom.